The van der Waals surface area contributed by atoms with Crippen molar-refractivity contribution in [2.75, 3.05) is 18.0 Å². The van der Waals surface area contributed by atoms with Gasteiger partial charge in [0.1, 0.15) is 16.7 Å². The summed E-state index contributed by atoms with van der Waals surface area (Å²) < 4.78 is 39.6. The van der Waals surface area contributed by atoms with Crippen LogP contribution in [0.4, 0.5) is 17.1 Å². The Labute approximate surface area is 288 Å². The number of anilines is 2. The van der Waals surface area contributed by atoms with Gasteiger partial charge >= 0.3 is 0 Å². The van der Waals surface area contributed by atoms with E-state index < -0.39 is 10.1 Å². The Balaban J connectivity index is 1.64. The zero-order valence-corrected chi connectivity index (χ0v) is 28.9. The molecule has 0 heterocycles. The van der Waals surface area contributed by atoms with Crippen LogP contribution in [0.3, 0.4) is 0 Å². The molecule has 47 heavy (non-hydrogen) atoms. The van der Waals surface area contributed by atoms with E-state index in [9.17, 15) is 13.0 Å². The summed E-state index contributed by atoms with van der Waals surface area (Å²) in [6, 6.07) is 30.0. The molecule has 1 aliphatic rings. The van der Waals surface area contributed by atoms with E-state index in [1.807, 2.05) is 97.1 Å². The Hall–Kier alpha value is -3.94. The molecule has 0 saturated heterocycles. The van der Waals surface area contributed by atoms with Crippen LogP contribution in [0.5, 0.6) is 0 Å². The molecule has 0 unspecified atom stereocenters. The molecular formula is C39H38Cl2N2O3S. The van der Waals surface area contributed by atoms with Crippen LogP contribution in [0.2, 0.25) is 10.0 Å². The van der Waals surface area contributed by atoms with Gasteiger partial charge in [0.05, 0.1) is 4.90 Å². The molecule has 4 aromatic rings. The molecule has 0 fully saturated rings. The third-order valence-electron chi connectivity index (χ3n) is 8.07. The average Bonchev–Trinajstić information content (AvgIpc) is 3.06. The smallest absolute Gasteiger partial charge is 0.207 e. The number of benzene rings is 4. The predicted molar refractivity (Wildman–Crippen MR) is 195 cm³/mol. The average molecular weight is 686 g/mol. The van der Waals surface area contributed by atoms with Crippen LogP contribution >= 0.6 is 23.2 Å². The third-order valence-corrected chi connectivity index (χ3v) is 9.44. The van der Waals surface area contributed by atoms with Crippen molar-refractivity contribution < 1.29 is 17.5 Å². The molecule has 0 spiro atoms. The lowest BCUT2D eigenvalue weighted by Crippen LogP contribution is -2.18. The molecule has 5 nitrogen and oxygen atoms in total. The largest absolute Gasteiger partial charge is 0.744 e. The number of hydrogen-bond acceptors (Lipinski definition) is 4. The van der Waals surface area contributed by atoms with Gasteiger partial charge in [-0.2, -0.15) is 4.58 Å². The van der Waals surface area contributed by atoms with Gasteiger partial charge in [-0.15, -0.1) is 0 Å². The van der Waals surface area contributed by atoms with E-state index in [1.165, 1.54) is 6.07 Å². The summed E-state index contributed by atoms with van der Waals surface area (Å²) in [6.07, 6.45) is 12.1. The third kappa shape index (κ3) is 8.51. The number of halogens is 2. The van der Waals surface area contributed by atoms with Gasteiger partial charge in [-0.25, -0.2) is 8.42 Å². The quantitative estimate of drug-likeness (QED) is 0.110. The summed E-state index contributed by atoms with van der Waals surface area (Å²) in [5.74, 6) is 0. The zero-order valence-electron chi connectivity index (χ0n) is 26.6. The molecular weight excluding hydrogens is 647 g/mol. The molecule has 242 valence electrons. The van der Waals surface area contributed by atoms with E-state index in [0.29, 0.717) is 21.2 Å². The standard InChI is InChI=1S/C39H38Cl2N2O3S/c1-3-5-25-42(35-13-9-11-31(40)27-35)33-21-17-29(18-22-33)39(37-15-7-8-16-38(37)47(44,45)46)30-19-23-34(24-20-30)43(26-6-4-2)36-14-10-12-32(41)28-36/h7-24,27-28H,3-6,25-26H2,1-2H3. The maximum Gasteiger partial charge on any atom is 0.207 e. The van der Waals surface area contributed by atoms with Gasteiger partial charge in [-0.05, 0) is 77.7 Å². The van der Waals surface area contributed by atoms with Gasteiger partial charge in [0.2, 0.25) is 11.4 Å². The van der Waals surface area contributed by atoms with E-state index in [1.54, 1.807) is 18.2 Å². The number of rotatable bonds is 12. The zero-order chi connectivity index (χ0) is 33.4. The van der Waals surface area contributed by atoms with Crippen molar-refractivity contribution in [3.8, 4) is 0 Å². The SMILES string of the molecule is CCCCN(c1ccc(C(=C2C=CC(=[N+](CCCC)c3cccc(Cl)c3)C=C2)c2ccccc2S(=O)(=O)[O-])cc1)c1cccc(Cl)c1. The summed E-state index contributed by atoms with van der Waals surface area (Å²) >= 11 is 12.7. The minimum absolute atomic E-state index is 0.254. The fraction of sp³-hybridized carbons (Fsp3) is 0.205. The lowest BCUT2D eigenvalue weighted by molar-refractivity contribution is -0.439. The highest BCUT2D eigenvalue weighted by Crippen LogP contribution is 2.36. The predicted octanol–water partition coefficient (Wildman–Crippen LogP) is 10.3. The van der Waals surface area contributed by atoms with Gasteiger partial charge in [-0.1, -0.05) is 92.4 Å². The molecule has 5 rings (SSSR count). The first-order valence-electron chi connectivity index (χ1n) is 15.9. The van der Waals surface area contributed by atoms with Crippen molar-refractivity contribution in [1.29, 1.82) is 0 Å². The molecule has 1 aliphatic carbocycles. The molecule has 8 heteroatoms. The van der Waals surface area contributed by atoms with Crippen molar-refractivity contribution in [1.82, 2.24) is 0 Å². The minimum atomic E-state index is -4.75. The first-order valence-corrected chi connectivity index (χ1v) is 18.1. The normalized spacial score (nSPS) is 12.8. The second-order valence-electron chi connectivity index (χ2n) is 11.4. The van der Waals surface area contributed by atoms with Crippen molar-refractivity contribution in [3.63, 3.8) is 0 Å². The topological polar surface area (TPSA) is 63.5 Å². The van der Waals surface area contributed by atoms with Gasteiger partial charge < -0.3 is 9.45 Å². The van der Waals surface area contributed by atoms with Gasteiger partial charge in [0.25, 0.3) is 0 Å². The lowest BCUT2D eigenvalue weighted by atomic mass is 9.90. The van der Waals surface area contributed by atoms with Crippen molar-refractivity contribution >= 4 is 61.7 Å². The maximum atomic E-state index is 12.5. The minimum Gasteiger partial charge on any atom is -0.744 e. The molecule has 0 amide bonds. The molecule has 0 aromatic heterocycles. The number of hydrogen-bond donors (Lipinski definition) is 0. The summed E-state index contributed by atoms with van der Waals surface area (Å²) in [5.41, 5.74) is 6.55. The highest BCUT2D eigenvalue weighted by molar-refractivity contribution is 7.85. The summed E-state index contributed by atoms with van der Waals surface area (Å²) in [7, 11) is -4.75. The fourth-order valence-electron chi connectivity index (χ4n) is 5.72. The van der Waals surface area contributed by atoms with Crippen molar-refractivity contribution in [2.45, 2.75) is 44.4 Å². The molecule has 0 N–H and O–H groups in total. The Bertz CT molecular complexity index is 1940. The van der Waals surface area contributed by atoms with Crippen LogP contribution < -0.4 is 4.90 Å². The summed E-state index contributed by atoms with van der Waals surface area (Å²) in [5, 5.41) is 1.33. The fourth-order valence-corrected chi connectivity index (χ4v) is 6.77. The maximum absolute atomic E-state index is 12.5. The van der Waals surface area contributed by atoms with Gasteiger partial charge in [0.15, 0.2) is 0 Å². The summed E-state index contributed by atoms with van der Waals surface area (Å²) in [6.45, 7) is 5.94. The second kappa shape index (κ2) is 15.8. The van der Waals surface area contributed by atoms with E-state index in [2.05, 4.69) is 23.3 Å². The molecule has 4 aromatic carbocycles. The Morgan fingerprint density at radius 3 is 2.04 bits per heavy atom. The van der Waals surface area contributed by atoms with Crippen LogP contribution in [-0.2, 0) is 10.1 Å². The Kier molecular flexibility index (Phi) is 11.5. The number of allylic oxidation sites excluding steroid dienone is 5. The van der Waals surface area contributed by atoms with Gasteiger partial charge in [-0.3, -0.25) is 0 Å². The molecule has 0 radical (unpaired) electrons. The highest BCUT2D eigenvalue weighted by atomic mass is 35.5. The summed E-state index contributed by atoms with van der Waals surface area (Å²) in [4.78, 5) is 1.97. The first kappa shape index (κ1) is 34.4. The van der Waals surface area contributed by atoms with E-state index in [4.69, 9.17) is 23.2 Å². The Morgan fingerprint density at radius 1 is 0.745 bits per heavy atom. The van der Waals surface area contributed by atoms with Crippen LogP contribution in [-0.4, -0.2) is 36.3 Å². The monoisotopic (exact) mass is 684 g/mol. The lowest BCUT2D eigenvalue weighted by Gasteiger charge is -2.26. The van der Waals surface area contributed by atoms with Crippen LogP contribution in [0.25, 0.3) is 5.57 Å². The second-order valence-corrected chi connectivity index (χ2v) is 13.6. The molecule has 0 aliphatic heterocycles. The number of nitrogens with zero attached hydrogens (tertiary/aromatic N) is 2. The van der Waals surface area contributed by atoms with Crippen LogP contribution in [0.15, 0.2) is 132 Å². The first-order chi connectivity index (χ1) is 22.7. The van der Waals surface area contributed by atoms with E-state index in [0.717, 1.165) is 72.7 Å². The van der Waals surface area contributed by atoms with Crippen LogP contribution in [0.1, 0.15) is 50.7 Å². The van der Waals surface area contributed by atoms with E-state index in [-0.39, 0.29) is 4.90 Å². The van der Waals surface area contributed by atoms with Gasteiger partial charge in [0, 0.05) is 64.2 Å². The molecule has 0 atom stereocenters. The van der Waals surface area contributed by atoms with Crippen molar-refractivity contribution in [2.24, 2.45) is 0 Å². The molecule has 0 saturated carbocycles. The molecule has 0 bridgehead atoms. The number of unbranched alkanes of at least 4 members (excludes halogenated alkanes) is 2. The van der Waals surface area contributed by atoms with E-state index >= 15 is 0 Å². The Morgan fingerprint density at radius 2 is 1.40 bits per heavy atom. The highest BCUT2D eigenvalue weighted by Gasteiger charge is 2.21. The van der Waals surface area contributed by atoms with Crippen molar-refractivity contribution in [3.05, 3.63) is 148 Å². The van der Waals surface area contributed by atoms with Crippen LogP contribution in [0, 0.1) is 0 Å².